The van der Waals surface area contributed by atoms with E-state index in [-0.39, 0.29) is 11.5 Å². The Kier molecular flexibility index (Phi) is 6.14. The molecule has 6 nitrogen and oxygen atoms in total. The van der Waals surface area contributed by atoms with Crippen LogP contribution in [0.3, 0.4) is 0 Å². The molecular weight excluding hydrogens is 414 g/mol. The number of carbonyl (C=O) groups is 1. The van der Waals surface area contributed by atoms with Gasteiger partial charge in [-0.05, 0) is 62.1 Å². The van der Waals surface area contributed by atoms with Crippen molar-refractivity contribution in [1.82, 2.24) is 14.5 Å². The van der Waals surface area contributed by atoms with Crippen molar-refractivity contribution in [3.8, 4) is 11.8 Å². The summed E-state index contributed by atoms with van der Waals surface area (Å²) in [5, 5.41) is 1.47. The second kappa shape index (κ2) is 9.17. The molecule has 0 aliphatic heterocycles. The van der Waals surface area contributed by atoms with Crippen LogP contribution in [0, 0.1) is 11.8 Å². The number of ether oxygens (including phenoxy) is 1. The van der Waals surface area contributed by atoms with Crippen LogP contribution < -0.4 is 5.56 Å². The molecule has 33 heavy (non-hydrogen) atoms. The Morgan fingerprint density at radius 2 is 1.91 bits per heavy atom. The molecule has 0 radical (unpaired) electrons. The zero-order valence-corrected chi connectivity index (χ0v) is 18.9. The number of aromatic amines is 1. The van der Waals surface area contributed by atoms with Gasteiger partial charge >= 0.3 is 5.97 Å². The third-order valence-electron chi connectivity index (χ3n) is 4.94. The van der Waals surface area contributed by atoms with Gasteiger partial charge < -0.3 is 14.3 Å². The number of pyridine rings is 1. The molecule has 2 heterocycles. The second-order valence-corrected chi connectivity index (χ2v) is 8.84. The first-order valence-electron chi connectivity index (χ1n) is 10.7. The summed E-state index contributed by atoms with van der Waals surface area (Å²) in [7, 11) is 0. The molecule has 2 aromatic heterocycles. The quantitative estimate of drug-likeness (QED) is 0.379. The molecule has 0 spiro atoms. The van der Waals surface area contributed by atoms with Crippen molar-refractivity contribution in [2.45, 2.75) is 39.3 Å². The van der Waals surface area contributed by atoms with E-state index in [0.29, 0.717) is 23.9 Å². The normalized spacial score (nSPS) is 11.1. The number of benzene rings is 2. The fourth-order valence-electron chi connectivity index (χ4n) is 3.42. The Morgan fingerprint density at radius 1 is 1.12 bits per heavy atom. The van der Waals surface area contributed by atoms with Crippen LogP contribution in [-0.2, 0) is 17.7 Å². The summed E-state index contributed by atoms with van der Waals surface area (Å²) in [6, 6.07) is 14.9. The van der Waals surface area contributed by atoms with Gasteiger partial charge in [0.2, 0.25) is 0 Å². The summed E-state index contributed by atoms with van der Waals surface area (Å²) in [6.07, 6.45) is 5.83. The lowest BCUT2D eigenvalue weighted by Gasteiger charge is -2.19. The van der Waals surface area contributed by atoms with Gasteiger partial charge in [-0.25, -0.2) is 9.78 Å². The Bertz CT molecular complexity index is 1400. The first-order chi connectivity index (χ1) is 15.8. The molecule has 0 bridgehead atoms. The van der Waals surface area contributed by atoms with Crippen LogP contribution in [0.4, 0.5) is 0 Å². The molecule has 166 valence electrons. The lowest BCUT2D eigenvalue weighted by molar-refractivity contribution is 0.00695. The van der Waals surface area contributed by atoms with E-state index < -0.39 is 5.60 Å². The Morgan fingerprint density at radius 3 is 2.61 bits per heavy atom. The van der Waals surface area contributed by atoms with Crippen LogP contribution >= 0.6 is 0 Å². The zero-order chi connectivity index (χ0) is 23.4. The molecule has 0 aliphatic carbocycles. The van der Waals surface area contributed by atoms with E-state index in [2.05, 4.69) is 21.8 Å². The van der Waals surface area contributed by atoms with Crippen LogP contribution in [0.1, 0.15) is 48.0 Å². The van der Waals surface area contributed by atoms with Gasteiger partial charge in [0.15, 0.2) is 0 Å². The van der Waals surface area contributed by atoms with E-state index in [9.17, 15) is 9.59 Å². The second-order valence-electron chi connectivity index (χ2n) is 8.84. The number of rotatable bonds is 4. The van der Waals surface area contributed by atoms with Crippen molar-refractivity contribution < 1.29 is 9.53 Å². The minimum Gasteiger partial charge on any atom is -0.456 e. The molecule has 0 amide bonds. The zero-order valence-electron chi connectivity index (χ0n) is 18.9. The summed E-state index contributed by atoms with van der Waals surface area (Å²) in [4.78, 5) is 31.8. The predicted molar refractivity (Wildman–Crippen MR) is 128 cm³/mol. The average Bonchev–Trinajstić information content (AvgIpc) is 3.27. The first kappa shape index (κ1) is 22.1. The number of nitrogens with zero attached hydrogens (tertiary/aromatic N) is 2. The molecule has 0 saturated heterocycles. The molecule has 0 fully saturated rings. The minimum absolute atomic E-state index is 0.147. The maximum atomic E-state index is 12.7. The molecule has 0 saturated carbocycles. The van der Waals surface area contributed by atoms with E-state index in [1.165, 1.54) is 0 Å². The molecule has 1 N–H and O–H groups in total. The summed E-state index contributed by atoms with van der Waals surface area (Å²) in [5.41, 5.74) is 2.40. The maximum Gasteiger partial charge on any atom is 0.338 e. The molecule has 0 atom stereocenters. The Hall–Kier alpha value is -4.11. The lowest BCUT2D eigenvalue weighted by atomic mass is 10.0. The monoisotopic (exact) mass is 439 g/mol. The van der Waals surface area contributed by atoms with E-state index in [1.807, 2.05) is 67.9 Å². The van der Waals surface area contributed by atoms with Gasteiger partial charge in [-0.1, -0.05) is 30.0 Å². The van der Waals surface area contributed by atoms with Crippen LogP contribution in [0.25, 0.3) is 10.8 Å². The van der Waals surface area contributed by atoms with Crippen LogP contribution in [0.15, 0.2) is 72.0 Å². The van der Waals surface area contributed by atoms with E-state index >= 15 is 0 Å². The summed E-state index contributed by atoms with van der Waals surface area (Å²) >= 11 is 0. The molecule has 4 aromatic rings. The van der Waals surface area contributed by atoms with Gasteiger partial charge in [0.05, 0.1) is 18.4 Å². The van der Waals surface area contributed by atoms with Crippen LogP contribution in [-0.4, -0.2) is 26.1 Å². The highest BCUT2D eigenvalue weighted by molar-refractivity contribution is 5.89. The van der Waals surface area contributed by atoms with Gasteiger partial charge in [0.25, 0.3) is 5.56 Å². The number of carbonyl (C=O) groups excluding carboxylic acids is 1. The fourth-order valence-corrected chi connectivity index (χ4v) is 3.42. The standard InChI is InChI=1S/C27H25N3O3/c1-27(2,3)33-26(32)21-9-6-20(7-10-21)15-23-17-22-11-8-19(16-24(22)25(31)29-23)5-4-13-30-14-12-28-18-30/h6-12,14,16-18H,13,15H2,1-3H3,(H,29,31). The fraction of sp³-hybridized carbons (Fsp3) is 0.222. The van der Waals surface area contributed by atoms with Gasteiger partial charge in [-0.15, -0.1) is 0 Å². The van der Waals surface area contributed by atoms with Gasteiger partial charge in [0.1, 0.15) is 5.60 Å². The number of esters is 1. The SMILES string of the molecule is CC(C)(C)OC(=O)c1ccc(Cc2cc3ccc(C#CCn4ccnc4)cc3c(=O)[nH]2)cc1. The van der Waals surface area contributed by atoms with E-state index in [4.69, 9.17) is 4.74 Å². The minimum atomic E-state index is -0.536. The topological polar surface area (TPSA) is 77.0 Å². The largest absolute Gasteiger partial charge is 0.456 e. The third kappa shape index (κ3) is 5.78. The highest BCUT2D eigenvalue weighted by Crippen LogP contribution is 2.17. The summed E-state index contributed by atoms with van der Waals surface area (Å²) in [5.74, 6) is 5.83. The molecule has 0 aliphatic rings. The van der Waals surface area contributed by atoms with Crippen molar-refractivity contribution in [2.75, 3.05) is 0 Å². The molecular formula is C27H25N3O3. The highest BCUT2D eigenvalue weighted by atomic mass is 16.6. The number of hydrogen-bond donors (Lipinski definition) is 1. The number of hydrogen-bond acceptors (Lipinski definition) is 4. The van der Waals surface area contributed by atoms with E-state index in [0.717, 1.165) is 22.2 Å². The van der Waals surface area contributed by atoms with Gasteiger partial charge in [0, 0.05) is 35.5 Å². The third-order valence-corrected chi connectivity index (χ3v) is 4.94. The number of aromatic nitrogens is 3. The average molecular weight is 440 g/mol. The van der Waals surface area contributed by atoms with Crippen molar-refractivity contribution in [2.24, 2.45) is 0 Å². The molecule has 2 aromatic carbocycles. The van der Waals surface area contributed by atoms with Crippen molar-refractivity contribution in [1.29, 1.82) is 0 Å². The number of H-pyrrole nitrogens is 1. The smallest absolute Gasteiger partial charge is 0.338 e. The molecule has 4 rings (SSSR count). The van der Waals surface area contributed by atoms with Gasteiger partial charge in [-0.3, -0.25) is 4.79 Å². The number of nitrogens with one attached hydrogen (secondary N) is 1. The summed E-state index contributed by atoms with van der Waals surface area (Å²) in [6.45, 7) is 6.06. The van der Waals surface area contributed by atoms with Crippen molar-refractivity contribution >= 4 is 16.7 Å². The van der Waals surface area contributed by atoms with Crippen molar-refractivity contribution in [3.63, 3.8) is 0 Å². The molecule has 0 unspecified atom stereocenters. The summed E-state index contributed by atoms with van der Waals surface area (Å²) < 4.78 is 7.28. The first-order valence-corrected chi connectivity index (χ1v) is 10.7. The number of imidazole rings is 1. The van der Waals surface area contributed by atoms with Crippen LogP contribution in [0.2, 0.25) is 0 Å². The maximum absolute atomic E-state index is 12.7. The number of fused-ring (bicyclic) bond motifs is 1. The Labute approximate surface area is 192 Å². The van der Waals surface area contributed by atoms with Gasteiger partial charge in [-0.2, -0.15) is 0 Å². The van der Waals surface area contributed by atoms with Crippen molar-refractivity contribution in [3.05, 3.63) is 100.0 Å². The van der Waals surface area contributed by atoms with Crippen LogP contribution in [0.5, 0.6) is 0 Å². The Balaban J connectivity index is 1.49. The lowest BCUT2D eigenvalue weighted by Crippen LogP contribution is -2.23. The predicted octanol–water partition coefficient (Wildman–Crippen LogP) is 4.32. The molecule has 6 heteroatoms. The van der Waals surface area contributed by atoms with E-state index in [1.54, 1.807) is 24.7 Å². The highest BCUT2D eigenvalue weighted by Gasteiger charge is 2.17.